The minimum atomic E-state index is 0.836. The van der Waals surface area contributed by atoms with Crippen LogP contribution in [0.1, 0.15) is 20.3 Å². The third kappa shape index (κ3) is 3.64. The van der Waals surface area contributed by atoms with E-state index in [1.807, 2.05) is 19.9 Å². The monoisotopic (exact) mass is 124 g/mol. The fourth-order valence-corrected chi connectivity index (χ4v) is 0.392. The second kappa shape index (κ2) is 5.22. The lowest BCUT2D eigenvalue weighted by molar-refractivity contribution is 1.02. The van der Waals surface area contributed by atoms with E-state index < -0.39 is 0 Å². The number of nitrogens with zero attached hydrogens (tertiary/aromatic N) is 2. The Labute approximate surface area is 56.0 Å². The van der Waals surface area contributed by atoms with Crippen molar-refractivity contribution in [1.29, 1.82) is 0 Å². The van der Waals surface area contributed by atoms with Crippen LogP contribution in [0.25, 0.3) is 0 Å². The summed E-state index contributed by atoms with van der Waals surface area (Å²) in [5.41, 5.74) is 0.836. The molecular formula is C7H12N2. The third-order valence-electron chi connectivity index (χ3n) is 0.725. The first kappa shape index (κ1) is 8.08. The van der Waals surface area contributed by atoms with Crippen molar-refractivity contribution in [1.82, 2.24) is 0 Å². The summed E-state index contributed by atoms with van der Waals surface area (Å²) in [6, 6.07) is 0. The Morgan fingerprint density at radius 3 is 2.44 bits per heavy atom. The Morgan fingerprint density at radius 1 is 1.56 bits per heavy atom. The van der Waals surface area contributed by atoms with E-state index in [9.17, 15) is 0 Å². The highest BCUT2D eigenvalue weighted by atomic mass is 15.1. The molecule has 1 rings (SSSR count). The summed E-state index contributed by atoms with van der Waals surface area (Å²) in [4.78, 5) is 0. The quantitative estimate of drug-likeness (QED) is 0.474. The van der Waals surface area contributed by atoms with Crippen LogP contribution in [0.5, 0.6) is 0 Å². The van der Waals surface area contributed by atoms with Gasteiger partial charge in [-0.3, -0.25) is 0 Å². The summed E-state index contributed by atoms with van der Waals surface area (Å²) in [5.74, 6) is 0. The van der Waals surface area contributed by atoms with Crippen molar-refractivity contribution in [3.8, 4) is 0 Å². The van der Waals surface area contributed by atoms with E-state index in [1.54, 1.807) is 6.20 Å². The standard InChI is InChI=1S/C5H6N2.C2H6/c1-5-3-2-4-6-7-5;1-2/h2,4H,1,3H2;1-2H3. The first-order valence-electron chi connectivity index (χ1n) is 3.13. The first-order valence-corrected chi connectivity index (χ1v) is 3.13. The first-order chi connectivity index (χ1) is 4.39. The van der Waals surface area contributed by atoms with E-state index >= 15 is 0 Å². The number of rotatable bonds is 0. The fourth-order valence-electron chi connectivity index (χ4n) is 0.392. The van der Waals surface area contributed by atoms with Gasteiger partial charge in [-0.05, 0) is 0 Å². The Kier molecular flexibility index (Phi) is 4.69. The summed E-state index contributed by atoms with van der Waals surface area (Å²) in [7, 11) is 0. The number of allylic oxidation sites excluding steroid dienone is 1. The molecule has 1 aliphatic heterocycles. The molecule has 50 valence electrons. The SMILES string of the molecule is C=C1CC=CN=N1.CC. The lowest BCUT2D eigenvalue weighted by Gasteiger charge is -1.92. The van der Waals surface area contributed by atoms with Crippen LogP contribution in [0.2, 0.25) is 0 Å². The molecule has 0 unspecified atom stereocenters. The van der Waals surface area contributed by atoms with Crippen LogP contribution in [-0.4, -0.2) is 0 Å². The molecule has 0 aliphatic carbocycles. The van der Waals surface area contributed by atoms with Crippen LogP contribution in [0.3, 0.4) is 0 Å². The lowest BCUT2D eigenvalue weighted by Crippen LogP contribution is -1.73. The molecule has 2 heteroatoms. The maximum absolute atomic E-state index is 3.67. The molecule has 0 aromatic rings. The Balaban J connectivity index is 0.000000291. The molecule has 0 aromatic carbocycles. The average Bonchev–Trinajstić information content (AvgIpc) is 1.94. The summed E-state index contributed by atoms with van der Waals surface area (Å²) >= 11 is 0. The second-order valence-corrected chi connectivity index (χ2v) is 1.37. The van der Waals surface area contributed by atoms with Crippen molar-refractivity contribution < 1.29 is 0 Å². The van der Waals surface area contributed by atoms with Gasteiger partial charge in [-0.15, -0.1) is 0 Å². The van der Waals surface area contributed by atoms with Crippen LogP contribution >= 0.6 is 0 Å². The van der Waals surface area contributed by atoms with E-state index in [1.165, 1.54) is 0 Å². The predicted octanol–water partition coefficient (Wildman–Crippen LogP) is 2.90. The topological polar surface area (TPSA) is 24.7 Å². The smallest absolute Gasteiger partial charge is 0.0597 e. The number of azo groups is 1. The van der Waals surface area contributed by atoms with Gasteiger partial charge < -0.3 is 0 Å². The predicted molar refractivity (Wildman–Crippen MR) is 39.1 cm³/mol. The molecule has 0 aromatic heterocycles. The Bertz CT molecular complexity index is 134. The van der Waals surface area contributed by atoms with Gasteiger partial charge in [0, 0.05) is 12.6 Å². The normalized spacial score (nSPS) is 14.7. The fraction of sp³-hybridized carbons (Fsp3) is 0.429. The molecule has 0 spiro atoms. The van der Waals surface area contributed by atoms with Gasteiger partial charge >= 0.3 is 0 Å². The summed E-state index contributed by atoms with van der Waals surface area (Å²) in [5, 5.41) is 7.28. The molecule has 0 saturated heterocycles. The van der Waals surface area contributed by atoms with Gasteiger partial charge in [0.1, 0.15) is 0 Å². The van der Waals surface area contributed by atoms with Crippen molar-refractivity contribution in [2.45, 2.75) is 20.3 Å². The van der Waals surface area contributed by atoms with Gasteiger partial charge in [-0.25, -0.2) is 0 Å². The number of hydrogen-bond donors (Lipinski definition) is 0. The van der Waals surface area contributed by atoms with Crippen molar-refractivity contribution in [3.63, 3.8) is 0 Å². The van der Waals surface area contributed by atoms with E-state index in [2.05, 4.69) is 16.8 Å². The molecule has 0 bridgehead atoms. The molecule has 0 atom stereocenters. The summed E-state index contributed by atoms with van der Waals surface area (Å²) in [6.07, 6.45) is 4.45. The van der Waals surface area contributed by atoms with E-state index in [-0.39, 0.29) is 0 Å². The average molecular weight is 124 g/mol. The molecule has 0 fully saturated rings. The van der Waals surface area contributed by atoms with Crippen molar-refractivity contribution in [3.05, 3.63) is 24.6 Å². The van der Waals surface area contributed by atoms with Crippen molar-refractivity contribution in [2.75, 3.05) is 0 Å². The van der Waals surface area contributed by atoms with Gasteiger partial charge in [0.2, 0.25) is 0 Å². The molecule has 0 radical (unpaired) electrons. The zero-order valence-electron chi connectivity index (χ0n) is 5.96. The van der Waals surface area contributed by atoms with Gasteiger partial charge in [0.15, 0.2) is 0 Å². The van der Waals surface area contributed by atoms with Crippen LogP contribution < -0.4 is 0 Å². The van der Waals surface area contributed by atoms with Gasteiger partial charge in [0.25, 0.3) is 0 Å². The maximum Gasteiger partial charge on any atom is 0.0597 e. The zero-order valence-corrected chi connectivity index (χ0v) is 5.96. The molecule has 0 N–H and O–H groups in total. The molecular weight excluding hydrogens is 112 g/mol. The minimum Gasteiger partial charge on any atom is -0.159 e. The third-order valence-corrected chi connectivity index (χ3v) is 0.725. The van der Waals surface area contributed by atoms with Crippen molar-refractivity contribution in [2.24, 2.45) is 10.2 Å². The van der Waals surface area contributed by atoms with E-state index in [4.69, 9.17) is 0 Å². The number of hydrogen-bond acceptors (Lipinski definition) is 2. The van der Waals surface area contributed by atoms with Gasteiger partial charge in [-0.1, -0.05) is 26.5 Å². The van der Waals surface area contributed by atoms with Crippen LogP contribution in [0.15, 0.2) is 34.8 Å². The molecule has 0 amide bonds. The molecule has 9 heavy (non-hydrogen) atoms. The molecule has 1 aliphatic rings. The van der Waals surface area contributed by atoms with Crippen LogP contribution in [0, 0.1) is 0 Å². The summed E-state index contributed by atoms with van der Waals surface area (Å²) < 4.78 is 0. The highest BCUT2D eigenvalue weighted by Crippen LogP contribution is 2.05. The largest absolute Gasteiger partial charge is 0.159 e. The van der Waals surface area contributed by atoms with Gasteiger partial charge in [-0.2, -0.15) is 10.2 Å². The molecule has 0 saturated carbocycles. The molecule has 2 nitrogen and oxygen atoms in total. The second-order valence-electron chi connectivity index (χ2n) is 1.37. The highest BCUT2D eigenvalue weighted by molar-refractivity contribution is 5.02. The summed E-state index contributed by atoms with van der Waals surface area (Å²) in [6.45, 7) is 7.60. The Hall–Kier alpha value is -0.920. The zero-order chi connectivity index (χ0) is 7.11. The molecule has 1 heterocycles. The van der Waals surface area contributed by atoms with Gasteiger partial charge in [0.05, 0.1) is 5.70 Å². The maximum atomic E-state index is 3.67. The van der Waals surface area contributed by atoms with E-state index in [0.29, 0.717) is 0 Å². The highest BCUT2D eigenvalue weighted by Gasteiger charge is 1.87. The lowest BCUT2D eigenvalue weighted by atomic mass is 10.3. The van der Waals surface area contributed by atoms with E-state index in [0.717, 1.165) is 12.1 Å². The van der Waals surface area contributed by atoms with Crippen LogP contribution in [0.4, 0.5) is 0 Å². The Morgan fingerprint density at radius 2 is 2.22 bits per heavy atom. The van der Waals surface area contributed by atoms with Crippen molar-refractivity contribution >= 4 is 0 Å². The van der Waals surface area contributed by atoms with Crippen LogP contribution in [-0.2, 0) is 0 Å². The minimum absolute atomic E-state index is 0.836.